The fraction of sp³-hybridized carbons (Fsp3) is 0.381. The van der Waals surface area contributed by atoms with E-state index in [9.17, 15) is 4.79 Å². The summed E-state index contributed by atoms with van der Waals surface area (Å²) in [7, 11) is 0. The monoisotopic (exact) mass is 353 g/mol. The second kappa shape index (κ2) is 8.83. The Hall–Kier alpha value is -2.37. The van der Waals surface area contributed by atoms with Crippen molar-refractivity contribution in [2.75, 3.05) is 39.3 Å². The second-order valence-electron chi connectivity index (χ2n) is 6.72. The molecule has 1 unspecified atom stereocenters. The number of aryl methyl sites for hydroxylation is 1. The molecule has 2 aromatic carbocycles. The quantitative estimate of drug-likeness (QED) is 0.865. The number of hydrogen-bond donors (Lipinski definition) is 1. The number of para-hydroxylation sites is 1. The van der Waals surface area contributed by atoms with Crippen LogP contribution < -0.4 is 10.5 Å². The van der Waals surface area contributed by atoms with Gasteiger partial charge in [0.05, 0.1) is 0 Å². The number of carbonyl (C=O) groups is 1. The van der Waals surface area contributed by atoms with Gasteiger partial charge in [-0.1, -0.05) is 48.0 Å². The molecule has 1 aliphatic heterocycles. The zero-order valence-corrected chi connectivity index (χ0v) is 15.3. The van der Waals surface area contributed by atoms with Gasteiger partial charge in [0, 0.05) is 32.7 Å². The van der Waals surface area contributed by atoms with E-state index in [2.05, 4.69) is 4.90 Å². The number of amides is 1. The summed E-state index contributed by atoms with van der Waals surface area (Å²) in [6.45, 7) is 6.67. The number of ether oxygens (including phenoxy) is 1. The topological polar surface area (TPSA) is 58.8 Å². The van der Waals surface area contributed by atoms with Crippen LogP contribution in [-0.4, -0.2) is 55.0 Å². The Labute approximate surface area is 155 Å². The fourth-order valence-corrected chi connectivity index (χ4v) is 3.11. The number of nitrogens with zero attached hydrogens (tertiary/aromatic N) is 2. The van der Waals surface area contributed by atoms with Gasteiger partial charge >= 0.3 is 0 Å². The van der Waals surface area contributed by atoms with Gasteiger partial charge in [-0.15, -0.1) is 0 Å². The Kier molecular flexibility index (Phi) is 6.26. The number of hydrogen-bond acceptors (Lipinski definition) is 4. The highest BCUT2D eigenvalue weighted by molar-refractivity contribution is 5.83. The van der Waals surface area contributed by atoms with Gasteiger partial charge in [0.25, 0.3) is 0 Å². The van der Waals surface area contributed by atoms with Gasteiger partial charge in [-0.05, 0) is 24.6 Å². The number of carbonyl (C=O) groups excluding carboxylic acids is 1. The predicted octanol–water partition coefficient (Wildman–Crippen LogP) is 2.22. The minimum Gasteiger partial charge on any atom is -0.492 e. The van der Waals surface area contributed by atoms with Crippen molar-refractivity contribution >= 4 is 5.91 Å². The molecule has 0 aliphatic carbocycles. The smallest absolute Gasteiger partial charge is 0.244 e. The maximum Gasteiger partial charge on any atom is 0.244 e. The third-order valence-corrected chi connectivity index (χ3v) is 4.81. The molecule has 0 bridgehead atoms. The first kappa shape index (κ1) is 18.4. The molecule has 5 nitrogen and oxygen atoms in total. The first-order chi connectivity index (χ1) is 12.6. The lowest BCUT2D eigenvalue weighted by molar-refractivity contribution is -0.134. The highest BCUT2D eigenvalue weighted by Crippen LogP contribution is 2.16. The average molecular weight is 353 g/mol. The summed E-state index contributed by atoms with van der Waals surface area (Å²) in [4.78, 5) is 16.8. The maximum atomic E-state index is 12.6. The van der Waals surface area contributed by atoms with Gasteiger partial charge in [0.2, 0.25) is 5.91 Å². The van der Waals surface area contributed by atoms with Gasteiger partial charge in [-0.25, -0.2) is 0 Å². The summed E-state index contributed by atoms with van der Waals surface area (Å²) < 4.78 is 5.75. The van der Waals surface area contributed by atoms with Gasteiger partial charge in [0.15, 0.2) is 0 Å². The Bertz CT molecular complexity index is 695. The van der Waals surface area contributed by atoms with E-state index < -0.39 is 6.04 Å². The second-order valence-corrected chi connectivity index (χ2v) is 6.72. The molecule has 138 valence electrons. The van der Waals surface area contributed by atoms with E-state index >= 15 is 0 Å². The van der Waals surface area contributed by atoms with Crippen LogP contribution in [0.4, 0.5) is 0 Å². The molecule has 5 heteroatoms. The summed E-state index contributed by atoms with van der Waals surface area (Å²) in [5, 5.41) is 0. The van der Waals surface area contributed by atoms with Crippen molar-refractivity contribution in [2.45, 2.75) is 13.0 Å². The summed E-state index contributed by atoms with van der Waals surface area (Å²) >= 11 is 0. The Balaban J connectivity index is 1.42. The zero-order valence-electron chi connectivity index (χ0n) is 15.3. The average Bonchev–Trinajstić information content (AvgIpc) is 2.69. The molecular weight excluding hydrogens is 326 g/mol. The molecule has 0 aromatic heterocycles. The number of piperazine rings is 1. The minimum absolute atomic E-state index is 0.00837. The molecule has 1 aliphatic rings. The van der Waals surface area contributed by atoms with Crippen LogP contribution in [0.5, 0.6) is 5.75 Å². The Morgan fingerprint density at radius 3 is 2.35 bits per heavy atom. The molecule has 1 atom stereocenters. The molecule has 0 saturated carbocycles. The van der Waals surface area contributed by atoms with Crippen LogP contribution >= 0.6 is 0 Å². The number of nitrogens with two attached hydrogens (primary N) is 1. The zero-order chi connectivity index (χ0) is 18.4. The van der Waals surface area contributed by atoms with E-state index in [1.165, 1.54) is 5.56 Å². The van der Waals surface area contributed by atoms with Crippen LogP contribution in [0.1, 0.15) is 17.2 Å². The first-order valence-electron chi connectivity index (χ1n) is 9.14. The standard InChI is InChI=1S/C21H27N3O2/c1-17-7-9-18(10-8-17)20(22)21(25)24-13-11-23(12-14-24)15-16-26-19-5-3-2-4-6-19/h2-10,20H,11-16,22H2,1H3. The maximum absolute atomic E-state index is 12.6. The van der Waals surface area contributed by atoms with E-state index in [-0.39, 0.29) is 5.91 Å². The molecule has 0 spiro atoms. The third kappa shape index (κ3) is 4.84. The molecule has 3 rings (SSSR count). The van der Waals surface area contributed by atoms with Crippen molar-refractivity contribution < 1.29 is 9.53 Å². The highest BCUT2D eigenvalue weighted by atomic mass is 16.5. The first-order valence-corrected chi connectivity index (χ1v) is 9.14. The molecule has 2 aromatic rings. The third-order valence-electron chi connectivity index (χ3n) is 4.81. The minimum atomic E-state index is -0.580. The molecule has 2 N–H and O–H groups in total. The summed E-state index contributed by atoms with van der Waals surface area (Å²) in [5.41, 5.74) is 8.21. The van der Waals surface area contributed by atoms with E-state index in [1.54, 1.807) is 0 Å². The van der Waals surface area contributed by atoms with Crippen molar-refractivity contribution in [3.63, 3.8) is 0 Å². The van der Waals surface area contributed by atoms with Crippen LogP contribution in [0.3, 0.4) is 0 Å². The van der Waals surface area contributed by atoms with Crippen LogP contribution in [-0.2, 0) is 4.79 Å². The lowest BCUT2D eigenvalue weighted by Gasteiger charge is -2.35. The van der Waals surface area contributed by atoms with Gasteiger partial charge in [-0.3, -0.25) is 9.69 Å². The fourth-order valence-electron chi connectivity index (χ4n) is 3.11. The Morgan fingerprint density at radius 1 is 1.04 bits per heavy atom. The Morgan fingerprint density at radius 2 is 1.69 bits per heavy atom. The SMILES string of the molecule is Cc1ccc(C(N)C(=O)N2CCN(CCOc3ccccc3)CC2)cc1. The van der Waals surface area contributed by atoms with E-state index in [4.69, 9.17) is 10.5 Å². The van der Waals surface area contributed by atoms with Gasteiger partial charge in [0.1, 0.15) is 18.4 Å². The molecule has 1 saturated heterocycles. The van der Waals surface area contributed by atoms with Crippen LogP contribution in [0, 0.1) is 6.92 Å². The summed E-state index contributed by atoms with van der Waals surface area (Å²) in [5.74, 6) is 0.902. The summed E-state index contributed by atoms with van der Waals surface area (Å²) in [6.07, 6.45) is 0. The van der Waals surface area contributed by atoms with Crippen LogP contribution in [0.2, 0.25) is 0 Å². The summed E-state index contributed by atoms with van der Waals surface area (Å²) in [6, 6.07) is 17.1. The van der Waals surface area contributed by atoms with Crippen LogP contribution in [0.15, 0.2) is 54.6 Å². The highest BCUT2D eigenvalue weighted by Gasteiger charge is 2.26. The molecular formula is C21H27N3O2. The molecule has 0 radical (unpaired) electrons. The predicted molar refractivity (Wildman–Crippen MR) is 103 cm³/mol. The number of rotatable bonds is 6. The van der Waals surface area contributed by atoms with Crippen molar-refractivity contribution in [3.8, 4) is 5.75 Å². The lowest BCUT2D eigenvalue weighted by atomic mass is 10.0. The van der Waals surface area contributed by atoms with Crippen molar-refractivity contribution in [3.05, 3.63) is 65.7 Å². The van der Waals surface area contributed by atoms with Crippen LogP contribution in [0.25, 0.3) is 0 Å². The largest absolute Gasteiger partial charge is 0.492 e. The van der Waals surface area contributed by atoms with Crippen molar-refractivity contribution in [1.82, 2.24) is 9.80 Å². The van der Waals surface area contributed by atoms with E-state index in [0.717, 1.165) is 30.9 Å². The molecule has 1 amide bonds. The molecule has 1 fully saturated rings. The molecule has 26 heavy (non-hydrogen) atoms. The number of benzene rings is 2. The van der Waals surface area contributed by atoms with Gasteiger partial charge in [-0.2, -0.15) is 0 Å². The van der Waals surface area contributed by atoms with E-state index in [0.29, 0.717) is 19.7 Å². The lowest BCUT2D eigenvalue weighted by Crippen LogP contribution is -2.51. The van der Waals surface area contributed by atoms with Crippen molar-refractivity contribution in [2.24, 2.45) is 5.73 Å². The molecule has 1 heterocycles. The normalized spacial score (nSPS) is 16.3. The van der Waals surface area contributed by atoms with Gasteiger partial charge < -0.3 is 15.4 Å². The van der Waals surface area contributed by atoms with Crippen molar-refractivity contribution in [1.29, 1.82) is 0 Å². The van der Waals surface area contributed by atoms with E-state index in [1.807, 2.05) is 66.4 Å².